The molecule has 1 aromatic carbocycles. The Morgan fingerprint density at radius 1 is 1.45 bits per heavy atom. The Balaban J connectivity index is 1.98. The van der Waals surface area contributed by atoms with E-state index in [1.165, 1.54) is 10.4 Å². The fourth-order valence-corrected chi connectivity index (χ4v) is 3.73. The first kappa shape index (κ1) is 13.0. The van der Waals surface area contributed by atoms with Gasteiger partial charge in [0.05, 0.1) is 11.6 Å². The Kier molecular flexibility index (Phi) is 3.14. The molecule has 0 radical (unpaired) electrons. The smallest absolute Gasteiger partial charge is 0.337 e. The van der Waals surface area contributed by atoms with E-state index in [1.54, 1.807) is 23.5 Å². The van der Waals surface area contributed by atoms with Crippen LogP contribution >= 0.6 is 11.3 Å². The molecule has 0 amide bonds. The summed E-state index contributed by atoms with van der Waals surface area (Å²) < 4.78 is 0. The van der Waals surface area contributed by atoms with Crippen LogP contribution in [0.3, 0.4) is 0 Å². The summed E-state index contributed by atoms with van der Waals surface area (Å²) in [6, 6.07) is 7.66. The maximum atomic E-state index is 11.2. The molecular formula is C15H16N2O2S. The standard InChI is InChI=1S/C15H16N2O2S/c1-9-11-5-7-20-14(11)4-6-17(9)10-2-3-13(16)12(8-10)15(18)19/h2-3,5,7-9H,4,6,16H2,1H3,(H,18,19). The van der Waals surface area contributed by atoms with E-state index in [1.807, 2.05) is 6.07 Å². The second-order valence-electron chi connectivity index (χ2n) is 5.00. The monoisotopic (exact) mass is 288 g/mol. The lowest BCUT2D eigenvalue weighted by atomic mass is 10.00. The van der Waals surface area contributed by atoms with Gasteiger partial charge in [-0.2, -0.15) is 0 Å². The molecule has 1 atom stereocenters. The van der Waals surface area contributed by atoms with Crippen LogP contribution in [0.25, 0.3) is 0 Å². The van der Waals surface area contributed by atoms with Crippen molar-refractivity contribution in [1.29, 1.82) is 0 Å². The van der Waals surface area contributed by atoms with Gasteiger partial charge in [0.1, 0.15) is 0 Å². The number of carboxylic acid groups (broad SMARTS) is 1. The molecule has 20 heavy (non-hydrogen) atoms. The molecule has 1 aromatic heterocycles. The van der Waals surface area contributed by atoms with Crippen molar-refractivity contribution >= 4 is 28.7 Å². The zero-order valence-electron chi connectivity index (χ0n) is 11.2. The predicted octanol–water partition coefficient (Wildman–Crippen LogP) is 3.15. The third-order valence-electron chi connectivity index (χ3n) is 3.88. The molecule has 0 fully saturated rings. The van der Waals surface area contributed by atoms with Crippen molar-refractivity contribution in [2.75, 3.05) is 17.2 Å². The highest BCUT2D eigenvalue weighted by Crippen LogP contribution is 2.36. The number of hydrogen-bond acceptors (Lipinski definition) is 4. The van der Waals surface area contributed by atoms with Gasteiger partial charge >= 0.3 is 5.97 Å². The normalized spacial score (nSPS) is 17.9. The van der Waals surface area contributed by atoms with Gasteiger partial charge in [-0.25, -0.2) is 4.79 Å². The van der Waals surface area contributed by atoms with Gasteiger partial charge in [-0.05, 0) is 48.6 Å². The van der Waals surface area contributed by atoms with Gasteiger partial charge < -0.3 is 15.7 Å². The Hall–Kier alpha value is -2.01. The van der Waals surface area contributed by atoms with E-state index in [0.29, 0.717) is 5.69 Å². The summed E-state index contributed by atoms with van der Waals surface area (Å²) in [4.78, 5) is 14.9. The Morgan fingerprint density at radius 3 is 3.00 bits per heavy atom. The Labute approximate surface area is 121 Å². The maximum Gasteiger partial charge on any atom is 0.337 e. The number of carbonyl (C=O) groups is 1. The molecule has 0 spiro atoms. The average molecular weight is 288 g/mol. The molecule has 2 aromatic rings. The molecular weight excluding hydrogens is 272 g/mol. The van der Waals surface area contributed by atoms with E-state index in [4.69, 9.17) is 5.73 Å². The van der Waals surface area contributed by atoms with Crippen molar-refractivity contribution in [1.82, 2.24) is 0 Å². The molecule has 5 heteroatoms. The highest BCUT2D eigenvalue weighted by molar-refractivity contribution is 7.10. The molecule has 0 saturated carbocycles. The number of hydrogen-bond donors (Lipinski definition) is 2. The lowest BCUT2D eigenvalue weighted by Gasteiger charge is -2.35. The zero-order valence-corrected chi connectivity index (χ0v) is 12.0. The van der Waals surface area contributed by atoms with E-state index in [-0.39, 0.29) is 11.6 Å². The summed E-state index contributed by atoms with van der Waals surface area (Å²) in [5.41, 5.74) is 8.46. The van der Waals surface area contributed by atoms with Crippen LogP contribution in [-0.2, 0) is 6.42 Å². The van der Waals surface area contributed by atoms with Crippen molar-refractivity contribution in [3.63, 3.8) is 0 Å². The van der Waals surface area contributed by atoms with Gasteiger partial charge in [0.2, 0.25) is 0 Å². The van der Waals surface area contributed by atoms with E-state index in [2.05, 4.69) is 23.3 Å². The first-order valence-corrected chi connectivity index (χ1v) is 7.41. The van der Waals surface area contributed by atoms with Crippen LogP contribution in [-0.4, -0.2) is 17.6 Å². The summed E-state index contributed by atoms with van der Waals surface area (Å²) in [7, 11) is 0. The van der Waals surface area contributed by atoms with Crippen LogP contribution in [0.5, 0.6) is 0 Å². The lowest BCUT2D eigenvalue weighted by Crippen LogP contribution is -2.33. The van der Waals surface area contributed by atoms with Gasteiger partial charge in [-0.1, -0.05) is 0 Å². The quantitative estimate of drug-likeness (QED) is 0.833. The van der Waals surface area contributed by atoms with Crippen LogP contribution in [0.1, 0.15) is 33.8 Å². The van der Waals surface area contributed by atoms with Crippen LogP contribution in [0.15, 0.2) is 29.6 Å². The van der Waals surface area contributed by atoms with Crippen molar-refractivity contribution in [2.24, 2.45) is 0 Å². The Morgan fingerprint density at radius 2 is 2.25 bits per heavy atom. The molecule has 2 heterocycles. The van der Waals surface area contributed by atoms with E-state index in [9.17, 15) is 9.90 Å². The number of rotatable bonds is 2. The number of anilines is 2. The first-order chi connectivity index (χ1) is 9.58. The molecule has 104 valence electrons. The van der Waals surface area contributed by atoms with Crippen molar-refractivity contribution < 1.29 is 9.90 Å². The van der Waals surface area contributed by atoms with Crippen LogP contribution in [0.2, 0.25) is 0 Å². The number of carboxylic acids is 1. The fraction of sp³-hybridized carbons (Fsp3) is 0.267. The third kappa shape index (κ3) is 2.04. The van der Waals surface area contributed by atoms with E-state index >= 15 is 0 Å². The molecule has 1 aliphatic rings. The molecule has 4 nitrogen and oxygen atoms in total. The number of thiophene rings is 1. The van der Waals surface area contributed by atoms with Crippen LogP contribution < -0.4 is 10.6 Å². The van der Waals surface area contributed by atoms with E-state index in [0.717, 1.165) is 18.7 Å². The second-order valence-corrected chi connectivity index (χ2v) is 6.00. The van der Waals surface area contributed by atoms with Crippen molar-refractivity contribution in [3.8, 4) is 0 Å². The van der Waals surface area contributed by atoms with Crippen LogP contribution in [0, 0.1) is 0 Å². The first-order valence-electron chi connectivity index (χ1n) is 6.53. The molecule has 0 aliphatic carbocycles. The summed E-state index contributed by atoms with van der Waals surface area (Å²) >= 11 is 1.80. The minimum atomic E-state index is -0.981. The SMILES string of the molecule is CC1c2ccsc2CCN1c1ccc(N)c(C(=O)O)c1. The fourth-order valence-electron chi connectivity index (χ4n) is 2.77. The Bertz CT molecular complexity index is 666. The lowest BCUT2D eigenvalue weighted by molar-refractivity contribution is 0.0698. The van der Waals surface area contributed by atoms with Gasteiger partial charge in [0.15, 0.2) is 0 Å². The number of nitrogens with zero attached hydrogens (tertiary/aromatic N) is 1. The third-order valence-corrected chi connectivity index (χ3v) is 4.87. The maximum absolute atomic E-state index is 11.2. The number of aromatic carboxylic acids is 1. The van der Waals surface area contributed by atoms with Gasteiger partial charge in [-0.3, -0.25) is 0 Å². The molecule has 0 bridgehead atoms. The topological polar surface area (TPSA) is 66.6 Å². The number of benzene rings is 1. The molecule has 3 rings (SSSR count). The van der Waals surface area contributed by atoms with Crippen molar-refractivity contribution in [3.05, 3.63) is 45.6 Å². The second kappa shape index (κ2) is 4.83. The molecule has 1 unspecified atom stereocenters. The number of nitrogen functional groups attached to an aromatic ring is 1. The summed E-state index contributed by atoms with van der Waals surface area (Å²) in [5, 5.41) is 11.3. The minimum absolute atomic E-state index is 0.172. The number of nitrogens with two attached hydrogens (primary N) is 1. The zero-order chi connectivity index (χ0) is 14.3. The largest absolute Gasteiger partial charge is 0.478 e. The molecule has 0 saturated heterocycles. The molecule has 3 N–H and O–H groups in total. The highest BCUT2D eigenvalue weighted by atomic mass is 32.1. The average Bonchev–Trinajstić information content (AvgIpc) is 2.89. The van der Waals surface area contributed by atoms with Gasteiger partial charge in [0, 0.05) is 22.8 Å². The number of fused-ring (bicyclic) bond motifs is 1. The molecule has 1 aliphatic heterocycles. The summed E-state index contributed by atoms with van der Waals surface area (Å²) in [5.74, 6) is -0.981. The predicted molar refractivity (Wildman–Crippen MR) is 81.6 cm³/mol. The van der Waals surface area contributed by atoms with Gasteiger partial charge in [0.25, 0.3) is 0 Å². The highest BCUT2D eigenvalue weighted by Gasteiger charge is 2.25. The summed E-state index contributed by atoms with van der Waals surface area (Å²) in [6.45, 7) is 3.05. The summed E-state index contributed by atoms with van der Waals surface area (Å²) in [6.07, 6.45) is 1.00. The van der Waals surface area contributed by atoms with Crippen molar-refractivity contribution in [2.45, 2.75) is 19.4 Å². The van der Waals surface area contributed by atoms with Gasteiger partial charge in [-0.15, -0.1) is 11.3 Å². The van der Waals surface area contributed by atoms with Crippen LogP contribution in [0.4, 0.5) is 11.4 Å². The minimum Gasteiger partial charge on any atom is -0.478 e. The van der Waals surface area contributed by atoms with E-state index < -0.39 is 5.97 Å².